The molecule has 132 valence electrons. The average molecular weight is 331 g/mol. The van der Waals surface area contributed by atoms with Gasteiger partial charge in [-0.1, -0.05) is 0 Å². The Labute approximate surface area is 144 Å². The van der Waals surface area contributed by atoms with Crippen molar-refractivity contribution in [1.29, 1.82) is 0 Å². The molecule has 2 saturated heterocycles. The van der Waals surface area contributed by atoms with Crippen molar-refractivity contribution in [2.24, 2.45) is 5.92 Å². The highest BCUT2D eigenvalue weighted by Gasteiger charge is 2.25. The van der Waals surface area contributed by atoms with Crippen LogP contribution < -0.4 is 4.90 Å². The van der Waals surface area contributed by atoms with Crippen LogP contribution in [0.25, 0.3) is 0 Å². The average Bonchev–Trinajstić information content (AvgIpc) is 3.02. The minimum absolute atomic E-state index is 0.717. The number of anilines is 1. The largest absolute Gasteiger partial charge is 0.381 e. The fourth-order valence-corrected chi connectivity index (χ4v) is 4.12. The molecule has 0 saturated carbocycles. The molecule has 24 heavy (non-hydrogen) atoms. The molecule has 1 aromatic heterocycles. The van der Waals surface area contributed by atoms with Gasteiger partial charge in [-0.25, -0.2) is 9.97 Å². The van der Waals surface area contributed by atoms with Gasteiger partial charge in [0.15, 0.2) is 0 Å². The highest BCUT2D eigenvalue weighted by Crippen LogP contribution is 2.25. The van der Waals surface area contributed by atoms with Crippen molar-refractivity contribution in [3.63, 3.8) is 0 Å². The summed E-state index contributed by atoms with van der Waals surface area (Å²) in [6, 6.07) is 0. The maximum Gasteiger partial charge on any atom is 0.135 e. The number of nitrogens with zero attached hydrogens (tertiary/aromatic N) is 5. The Morgan fingerprint density at radius 2 is 1.92 bits per heavy atom. The van der Waals surface area contributed by atoms with Crippen molar-refractivity contribution in [3.8, 4) is 0 Å². The van der Waals surface area contributed by atoms with Crippen LogP contribution in [0.2, 0.25) is 0 Å². The minimum atomic E-state index is 0.717. The normalized spacial score (nSPS) is 26.4. The topological polar surface area (TPSA) is 44.7 Å². The summed E-state index contributed by atoms with van der Waals surface area (Å²) in [7, 11) is 2.20. The molecule has 4 heterocycles. The second-order valence-electron chi connectivity index (χ2n) is 7.44. The molecular formula is C18H29N5O. The van der Waals surface area contributed by atoms with Gasteiger partial charge in [0.2, 0.25) is 0 Å². The van der Waals surface area contributed by atoms with Gasteiger partial charge in [0.25, 0.3) is 0 Å². The van der Waals surface area contributed by atoms with E-state index >= 15 is 0 Å². The first-order valence-electron chi connectivity index (χ1n) is 9.36. The molecule has 3 aliphatic rings. The van der Waals surface area contributed by atoms with E-state index in [2.05, 4.69) is 31.7 Å². The summed E-state index contributed by atoms with van der Waals surface area (Å²) >= 11 is 0. The summed E-state index contributed by atoms with van der Waals surface area (Å²) in [5.41, 5.74) is 2.66. The van der Waals surface area contributed by atoms with E-state index in [1.807, 2.05) is 0 Å². The lowest BCUT2D eigenvalue weighted by atomic mass is 10.1. The monoisotopic (exact) mass is 331 g/mol. The third-order valence-electron chi connectivity index (χ3n) is 5.70. The molecule has 3 aliphatic heterocycles. The van der Waals surface area contributed by atoms with Crippen LogP contribution in [0.3, 0.4) is 0 Å². The molecule has 4 rings (SSSR count). The van der Waals surface area contributed by atoms with E-state index in [9.17, 15) is 0 Å². The number of ether oxygens (including phenoxy) is 1. The number of aromatic nitrogens is 2. The van der Waals surface area contributed by atoms with E-state index in [4.69, 9.17) is 4.74 Å². The lowest BCUT2D eigenvalue weighted by Gasteiger charge is -2.34. The predicted molar refractivity (Wildman–Crippen MR) is 94.5 cm³/mol. The predicted octanol–water partition coefficient (Wildman–Crippen LogP) is 0.666. The van der Waals surface area contributed by atoms with E-state index in [-0.39, 0.29) is 0 Å². The molecule has 6 nitrogen and oxygen atoms in total. The molecule has 0 N–H and O–H groups in total. The van der Waals surface area contributed by atoms with Crippen molar-refractivity contribution in [1.82, 2.24) is 19.8 Å². The van der Waals surface area contributed by atoms with Gasteiger partial charge in [-0.05, 0) is 25.8 Å². The van der Waals surface area contributed by atoms with Crippen molar-refractivity contribution in [3.05, 3.63) is 17.6 Å². The van der Waals surface area contributed by atoms with Crippen LogP contribution in [-0.4, -0.2) is 85.8 Å². The Morgan fingerprint density at radius 3 is 2.71 bits per heavy atom. The van der Waals surface area contributed by atoms with Gasteiger partial charge in [-0.15, -0.1) is 0 Å². The van der Waals surface area contributed by atoms with E-state index in [1.165, 1.54) is 30.0 Å². The first kappa shape index (κ1) is 16.2. The molecular weight excluding hydrogens is 302 g/mol. The Hall–Kier alpha value is -1.24. The Balaban J connectivity index is 1.45. The van der Waals surface area contributed by atoms with Crippen LogP contribution in [0.1, 0.15) is 17.7 Å². The van der Waals surface area contributed by atoms with E-state index in [0.29, 0.717) is 0 Å². The highest BCUT2D eigenvalue weighted by atomic mass is 16.5. The number of rotatable bonds is 3. The summed E-state index contributed by atoms with van der Waals surface area (Å²) in [4.78, 5) is 16.7. The molecule has 0 aliphatic carbocycles. The number of hydrogen-bond acceptors (Lipinski definition) is 6. The minimum Gasteiger partial charge on any atom is -0.381 e. The number of likely N-dealkylation sites (N-methyl/N-ethyl adjacent to an activating group) is 1. The van der Waals surface area contributed by atoms with Crippen LogP contribution in [0.4, 0.5) is 5.82 Å². The summed E-state index contributed by atoms with van der Waals surface area (Å²) in [5.74, 6) is 1.91. The van der Waals surface area contributed by atoms with E-state index in [1.54, 1.807) is 6.33 Å². The van der Waals surface area contributed by atoms with Crippen LogP contribution in [0.15, 0.2) is 6.33 Å². The summed E-state index contributed by atoms with van der Waals surface area (Å²) in [6.45, 7) is 9.67. The maximum atomic E-state index is 5.54. The summed E-state index contributed by atoms with van der Waals surface area (Å²) < 4.78 is 5.54. The number of fused-ring (bicyclic) bond motifs is 1. The first-order valence-corrected chi connectivity index (χ1v) is 9.36. The van der Waals surface area contributed by atoms with Crippen LogP contribution in [0, 0.1) is 5.92 Å². The zero-order valence-corrected chi connectivity index (χ0v) is 14.8. The second-order valence-corrected chi connectivity index (χ2v) is 7.44. The summed E-state index contributed by atoms with van der Waals surface area (Å²) in [5, 5.41) is 0. The summed E-state index contributed by atoms with van der Waals surface area (Å²) in [6.07, 6.45) is 5.11. The lowest BCUT2D eigenvalue weighted by Crippen LogP contribution is -2.45. The second kappa shape index (κ2) is 7.33. The Bertz CT molecular complexity index is 552. The van der Waals surface area contributed by atoms with Gasteiger partial charge in [0, 0.05) is 64.4 Å². The molecule has 0 aromatic carbocycles. The van der Waals surface area contributed by atoms with Gasteiger partial charge in [0.1, 0.15) is 12.1 Å². The van der Waals surface area contributed by atoms with Crippen LogP contribution >= 0.6 is 0 Å². The third kappa shape index (κ3) is 3.55. The quantitative estimate of drug-likeness (QED) is 0.811. The molecule has 1 aromatic rings. The van der Waals surface area contributed by atoms with Crippen LogP contribution in [0.5, 0.6) is 0 Å². The number of hydrogen-bond donors (Lipinski definition) is 0. The molecule has 2 fully saturated rings. The van der Waals surface area contributed by atoms with Crippen LogP contribution in [-0.2, 0) is 17.6 Å². The van der Waals surface area contributed by atoms with Gasteiger partial charge in [-0.3, -0.25) is 0 Å². The fraction of sp³-hybridized carbons (Fsp3) is 0.778. The molecule has 1 unspecified atom stereocenters. The Kier molecular flexibility index (Phi) is 4.96. The lowest BCUT2D eigenvalue weighted by molar-refractivity contribution is 0.168. The SMILES string of the molecule is CN1CCN(c2ncnc3c2CCN(CC2CCOC2)CC3)CC1. The van der Waals surface area contributed by atoms with Gasteiger partial charge >= 0.3 is 0 Å². The zero-order chi connectivity index (χ0) is 16.4. The zero-order valence-electron chi connectivity index (χ0n) is 14.8. The molecule has 0 amide bonds. The third-order valence-corrected chi connectivity index (χ3v) is 5.70. The van der Waals surface area contributed by atoms with Crippen molar-refractivity contribution in [2.45, 2.75) is 19.3 Å². The fourth-order valence-electron chi connectivity index (χ4n) is 4.12. The molecule has 0 bridgehead atoms. The van der Waals surface area contributed by atoms with Gasteiger partial charge < -0.3 is 19.4 Å². The van der Waals surface area contributed by atoms with E-state index < -0.39 is 0 Å². The van der Waals surface area contributed by atoms with Gasteiger partial charge in [0.05, 0.1) is 12.3 Å². The maximum absolute atomic E-state index is 5.54. The van der Waals surface area contributed by atoms with Crippen molar-refractivity contribution in [2.75, 3.05) is 71.0 Å². The van der Waals surface area contributed by atoms with E-state index in [0.717, 1.165) is 71.2 Å². The highest BCUT2D eigenvalue weighted by molar-refractivity contribution is 5.49. The molecule has 0 radical (unpaired) electrons. The van der Waals surface area contributed by atoms with Crippen molar-refractivity contribution < 1.29 is 4.74 Å². The first-order chi connectivity index (χ1) is 11.8. The van der Waals surface area contributed by atoms with Crippen molar-refractivity contribution >= 4 is 5.82 Å². The van der Waals surface area contributed by atoms with Gasteiger partial charge in [-0.2, -0.15) is 0 Å². The molecule has 0 spiro atoms. The molecule has 1 atom stereocenters. The Morgan fingerprint density at radius 1 is 1.08 bits per heavy atom. The number of piperazine rings is 1. The smallest absolute Gasteiger partial charge is 0.135 e. The molecule has 6 heteroatoms. The standard InChI is InChI=1S/C18H29N5O/c1-21-7-9-23(10-8-21)18-16-2-5-22(12-15-4-11-24-13-15)6-3-17(16)19-14-20-18/h14-15H,2-13H2,1H3.